The number of alkyl halides is 3. The van der Waals surface area contributed by atoms with E-state index in [2.05, 4.69) is 15.3 Å². The van der Waals surface area contributed by atoms with E-state index in [1.807, 2.05) is 10.2 Å². The summed E-state index contributed by atoms with van der Waals surface area (Å²) in [6.07, 6.45) is -2.47. The zero-order chi connectivity index (χ0) is 26.0. The van der Waals surface area contributed by atoms with Crippen molar-refractivity contribution in [2.24, 2.45) is 0 Å². The van der Waals surface area contributed by atoms with Gasteiger partial charge in [0.2, 0.25) is 0 Å². The number of amides is 3. The third-order valence-corrected chi connectivity index (χ3v) is 6.28. The van der Waals surface area contributed by atoms with Crippen LogP contribution in [0.4, 0.5) is 35.3 Å². The second-order valence-electron chi connectivity index (χ2n) is 8.89. The number of halogens is 3. The molecule has 2 unspecified atom stereocenters. The molecule has 2 aliphatic heterocycles. The second-order valence-corrected chi connectivity index (χ2v) is 8.89. The molecule has 4 N–H and O–H groups in total. The standard InChI is InChI=1S/C23H27F3N6O4/c1-13(23(24,25)26)28-21(35)17-4-5-18-20(29-17)32(15-7-9-31(18)11-15)22(36)30-19-10-14(6-8-27-19)2-3-16(34)12-33/h4-6,8,10,13,15-16,33-34H,2-3,7,9,11-12H2,1H3,(H,28,35)(H,27,30,36)/t13?,15-,16?/m0/s1. The lowest BCUT2D eigenvalue weighted by molar-refractivity contribution is -0.149. The Morgan fingerprint density at radius 3 is 2.78 bits per heavy atom. The molecule has 0 radical (unpaired) electrons. The van der Waals surface area contributed by atoms with E-state index in [-0.39, 0.29) is 30.0 Å². The van der Waals surface area contributed by atoms with Crippen molar-refractivity contribution < 1.29 is 33.0 Å². The minimum atomic E-state index is -4.60. The molecular formula is C23H27F3N6O4. The Balaban J connectivity index is 1.55. The van der Waals surface area contributed by atoms with Crippen molar-refractivity contribution in [1.29, 1.82) is 0 Å². The average molecular weight is 509 g/mol. The number of rotatable bonds is 7. The van der Waals surface area contributed by atoms with E-state index in [1.165, 1.54) is 17.2 Å². The number of aliphatic hydroxyl groups is 2. The van der Waals surface area contributed by atoms with E-state index in [0.717, 1.165) is 12.5 Å². The normalized spacial score (nSPS) is 18.4. The molecule has 1 fully saturated rings. The topological polar surface area (TPSA) is 131 Å². The highest BCUT2D eigenvalue weighted by atomic mass is 19.4. The molecular weight excluding hydrogens is 481 g/mol. The molecule has 3 amide bonds. The number of nitrogens with zero attached hydrogens (tertiary/aromatic N) is 4. The van der Waals surface area contributed by atoms with Gasteiger partial charge in [-0.15, -0.1) is 0 Å². The Hall–Kier alpha value is -3.45. The molecule has 2 aromatic rings. The lowest BCUT2D eigenvalue weighted by Gasteiger charge is -2.35. The van der Waals surface area contributed by atoms with Crippen molar-refractivity contribution in [3.63, 3.8) is 0 Å². The van der Waals surface area contributed by atoms with E-state index in [4.69, 9.17) is 5.11 Å². The number of anilines is 3. The van der Waals surface area contributed by atoms with Crippen molar-refractivity contribution in [2.75, 3.05) is 34.8 Å². The molecule has 2 aromatic heterocycles. The fourth-order valence-corrected chi connectivity index (χ4v) is 4.24. The van der Waals surface area contributed by atoms with E-state index >= 15 is 0 Å². The molecule has 13 heteroatoms. The third kappa shape index (κ3) is 5.51. The van der Waals surface area contributed by atoms with Crippen LogP contribution in [0.2, 0.25) is 0 Å². The minimum Gasteiger partial charge on any atom is -0.394 e. The number of aliphatic hydroxyl groups excluding tert-OH is 2. The molecule has 4 rings (SSSR count). The van der Waals surface area contributed by atoms with E-state index in [9.17, 15) is 27.9 Å². The molecule has 2 bridgehead atoms. The number of hydrogen-bond donors (Lipinski definition) is 4. The van der Waals surface area contributed by atoms with Gasteiger partial charge in [-0.3, -0.25) is 15.0 Å². The van der Waals surface area contributed by atoms with Crippen LogP contribution in [0.5, 0.6) is 0 Å². The fourth-order valence-electron chi connectivity index (χ4n) is 4.24. The van der Waals surface area contributed by atoms with Gasteiger partial charge in [0.05, 0.1) is 24.4 Å². The number of nitrogens with one attached hydrogen (secondary N) is 2. The van der Waals surface area contributed by atoms with Gasteiger partial charge in [0.1, 0.15) is 17.6 Å². The average Bonchev–Trinajstić information content (AvgIpc) is 3.25. The number of pyridine rings is 2. The van der Waals surface area contributed by atoms with Crippen LogP contribution in [0, 0.1) is 0 Å². The fraction of sp³-hybridized carbons (Fsp3) is 0.478. The first kappa shape index (κ1) is 25.6. The van der Waals surface area contributed by atoms with Crippen molar-refractivity contribution in [2.45, 2.75) is 50.6 Å². The van der Waals surface area contributed by atoms with Crippen LogP contribution in [-0.2, 0) is 6.42 Å². The molecule has 2 aliphatic rings. The SMILES string of the molecule is CC(NC(=O)c1ccc2c(n1)N(C(=O)Nc1cc(CCC(O)CO)ccn1)[C@H]1CCN2C1)C(F)(F)F. The summed E-state index contributed by atoms with van der Waals surface area (Å²) in [5.41, 5.74) is 1.18. The Kier molecular flexibility index (Phi) is 7.31. The molecule has 36 heavy (non-hydrogen) atoms. The van der Waals surface area contributed by atoms with Gasteiger partial charge in [0.25, 0.3) is 5.91 Å². The van der Waals surface area contributed by atoms with E-state index in [0.29, 0.717) is 38.0 Å². The zero-order valence-electron chi connectivity index (χ0n) is 19.5. The lowest BCUT2D eigenvalue weighted by Crippen LogP contribution is -2.49. The quantitative estimate of drug-likeness (QED) is 0.450. The van der Waals surface area contributed by atoms with Gasteiger partial charge in [0.15, 0.2) is 5.82 Å². The van der Waals surface area contributed by atoms with Gasteiger partial charge < -0.3 is 20.4 Å². The van der Waals surface area contributed by atoms with E-state index < -0.39 is 30.3 Å². The van der Waals surface area contributed by atoms with Gasteiger partial charge in [-0.2, -0.15) is 13.2 Å². The summed E-state index contributed by atoms with van der Waals surface area (Å²) in [7, 11) is 0. The summed E-state index contributed by atoms with van der Waals surface area (Å²) >= 11 is 0. The number of carbonyl (C=O) groups excluding carboxylic acids is 2. The van der Waals surface area contributed by atoms with Gasteiger partial charge in [0, 0.05) is 19.3 Å². The predicted octanol–water partition coefficient (Wildman–Crippen LogP) is 2.07. The van der Waals surface area contributed by atoms with Gasteiger partial charge in [-0.05, 0) is 56.0 Å². The second kappa shape index (κ2) is 10.3. The summed E-state index contributed by atoms with van der Waals surface area (Å²) in [5, 5.41) is 23.2. The van der Waals surface area contributed by atoms with Crippen LogP contribution in [0.15, 0.2) is 30.5 Å². The van der Waals surface area contributed by atoms with Crippen molar-refractivity contribution in [3.8, 4) is 0 Å². The third-order valence-electron chi connectivity index (χ3n) is 6.28. The Morgan fingerprint density at radius 2 is 2.06 bits per heavy atom. The van der Waals surface area contributed by atoms with Gasteiger partial charge in [-0.1, -0.05) is 0 Å². The van der Waals surface area contributed by atoms with Crippen molar-refractivity contribution >= 4 is 29.3 Å². The lowest BCUT2D eigenvalue weighted by atomic mass is 10.1. The van der Waals surface area contributed by atoms with Crippen LogP contribution >= 0.6 is 0 Å². The van der Waals surface area contributed by atoms with Gasteiger partial charge in [-0.25, -0.2) is 14.8 Å². The van der Waals surface area contributed by atoms with Crippen molar-refractivity contribution in [3.05, 3.63) is 41.7 Å². The van der Waals surface area contributed by atoms with Crippen LogP contribution in [0.1, 0.15) is 35.8 Å². The molecule has 0 saturated carbocycles. The van der Waals surface area contributed by atoms with Crippen LogP contribution in [0.25, 0.3) is 0 Å². The molecule has 0 aromatic carbocycles. The molecule has 3 atom stereocenters. The molecule has 194 valence electrons. The van der Waals surface area contributed by atoms with Crippen molar-refractivity contribution in [1.82, 2.24) is 15.3 Å². The maximum Gasteiger partial charge on any atom is 0.408 e. The highest BCUT2D eigenvalue weighted by Gasteiger charge is 2.41. The number of urea groups is 1. The summed E-state index contributed by atoms with van der Waals surface area (Å²) in [6.45, 7) is 1.73. The smallest absolute Gasteiger partial charge is 0.394 e. The number of aryl methyl sites for hydroxylation is 1. The maximum absolute atomic E-state index is 13.3. The largest absolute Gasteiger partial charge is 0.408 e. The van der Waals surface area contributed by atoms with Crippen LogP contribution in [-0.4, -0.2) is 76.2 Å². The Bertz CT molecular complexity index is 1130. The predicted molar refractivity (Wildman–Crippen MR) is 125 cm³/mol. The zero-order valence-corrected chi connectivity index (χ0v) is 19.5. The highest BCUT2D eigenvalue weighted by Crippen LogP contribution is 2.39. The molecule has 1 saturated heterocycles. The number of carbonyl (C=O) groups is 2. The number of hydrogen-bond acceptors (Lipinski definition) is 7. The first-order chi connectivity index (χ1) is 17.1. The van der Waals surface area contributed by atoms with E-state index in [1.54, 1.807) is 18.2 Å². The first-order valence-corrected chi connectivity index (χ1v) is 11.5. The minimum absolute atomic E-state index is 0.191. The molecule has 4 heterocycles. The summed E-state index contributed by atoms with van der Waals surface area (Å²) < 4.78 is 38.7. The maximum atomic E-state index is 13.3. The first-order valence-electron chi connectivity index (χ1n) is 11.5. The Morgan fingerprint density at radius 1 is 1.28 bits per heavy atom. The monoisotopic (exact) mass is 508 g/mol. The Labute approximate surface area is 205 Å². The van der Waals surface area contributed by atoms with Crippen LogP contribution in [0.3, 0.4) is 0 Å². The number of aromatic nitrogens is 2. The summed E-state index contributed by atoms with van der Waals surface area (Å²) in [6, 6.07) is 3.50. The molecule has 10 nitrogen and oxygen atoms in total. The molecule has 0 spiro atoms. The van der Waals surface area contributed by atoms with Crippen LogP contribution < -0.4 is 20.4 Å². The summed E-state index contributed by atoms with van der Waals surface area (Å²) in [5.74, 6) is -0.531. The molecule has 0 aliphatic carbocycles. The highest BCUT2D eigenvalue weighted by molar-refractivity contribution is 6.05. The van der Waals surface area contributed by atoms with Gasteiger partial charge >= 0.3 is 12.2 Å². The number of fused-ring (bicyclic) bond motifs is 4. The summed E-state index contributed by atoms with van der Waals surface area (Å²) in [4.78, 5) is 37.7.